The number of Topliss-reactive ketones (excluding diaryl/α,β-unsaturated/α-hetero) is 2. The summed E-state index contributed by atoms with van der Waals surface area (Å²) in [6.45, 7) is 7.31. The van der Waals surface area contributed by atoms with Crippen molar-refractivity contribution in [2.75, 3.05) is 0 Å². The third-order valence-electron chi connectivity index (χ3n) is 1.74. The van der Waals surface area contributed by atoms with Crippen LogP contribution in [0.5, 0.6) is 0 Å². The van der Waals surface area contributed by atoms with Gasteiger partial charge in [-0.2, -0.15) is 0 Å². The first-order valence-corrected chi connectivity index (χ1v) is 4.65. The molecule has 0 radical (unpaired) electrons. The molecule has 0 bridgehead atoms. The van der Waals surface area contributed by atoms with Crippen LogP contribution in [0, 0.1) is 5.92 Å². The van der Waals surface area contributed by atoms with E-state index in [-0.39, 0.29) is 18.0 Å². The molecule has 0 aliphatic carbocycles. The largest absolute Gasteiger partial charge is 0.300 e. The number of allylic oxidation sites excluding steroid dienone is 2. The average Bonchev–Trinajstić information content (AvgIpc) is 1.98. The number of rotatable bonds is 5. The lowest BCUT2D eigenvalue weighted by Crippen LogP contribution is -2.08. The molecule has 0 spiro atoms. The maximum absolute atomic E-state index is 11.5. The second-order valence-electron chi connectivity index (χ2n) is 3.71. The van der Waals surface area contributed by atoms with E-state index >= 15 is 0 Å². The maximum atomic E-state index is 11.5. The molecule has 0 aromatic carbocycles. The second kappa shape index (κ2) is 5.68. The van der Waals surface area contributed by atoms with Crippen molar-refractivity contribution in [2.24, 2.45) is 5.92 Å². The molecular weight excluding hydrogens is 164 g/mol. The standard InChI is InChI=1S/C11H18O2/c1-5-10(7-9(4)12)11(13)6-8(2)3/h5,8H,6-7H2,1-4H3/b10-5-. The van der Waals surface area contributed by atoms with Crippen molar-refractivity contribution >= 4 is 11.6 Å². The monoisotopic (exact) mass is 182 g/mol. The lowest BCUT2D eigenvalue weighted by Gasteiger charge is -2.05. The summed E-state index contributed by atoms with van der Waals surface area (Å²) in [6, 6.07) is 0. The van der Waals surface area contributed by atoms with Gasteiger partial charge >= 0.3 is 0 Å². The predicted octanol–water partition coefficient (Wildman–Crippen LogP) is 2.53. The Morgan fingerprint density at radius 2 is 1.85 bits per heavy atom. The summed E-state index contributed by atoms with van der Waals surface area (Å²) in [7, 11) is 0. The van der Waals surface area contributed by atoms with Gasteiger partial charge in [-0.3, -0.25) is 9.59 Å². The van der Waals surface area contributed by atoms with Crippen LogP contribution < -0.4 is 0 Å². The third kappa shape index (κ3) is 5.34. The van der Waals surface area contributed by atoms with E-state index in [1.807, 2.05) is 13.8 Å². The molecule has 0 fully saturated rings. The molecule has 2 nitrogen and oxygen atoms in total. The lowest BCUT2D eigenvalue weighted by atomic mass is 9.98. The molecule has 0 aliphatic heterocycles. The van der Waals surface area contributed by atoms with Gasteiger partial charge < -0.3 is 0 Å². The fourth-order valence-corrected chi connectivity index (χ4v) is 1.13. The topological polar surface area (TPSA) is 34.1 Å². The molecule has 13 heavy (non-hydrogen) atoms. The Bertz CT molecular complexity index is 224. The number of hydrogen-bond donors (Lipinski definition) is 0. The zero-order valence-electron chi connectivity index (χ0n) is 8.89. The molecule has 0 atom stereocenters. The van der Waals surface area contributed by atoms with Gasteiger partial charge in [0.1, 0.15) is 5.78 Å². The molecule has 0 saturated heterocycles. The molecular formula is C11H18O2. The first-order valence-electron chi connectivity index (χ1n) is 4.65. The van der Waals surface area contributed by atoms with Gasteiger partial charge in [-0.05, 0) is 25.3 Å². The van der Waals surface area contributed by atoms with Crippen LogP contribution in [0.4, 0.5) is 0 Å². The summed E-state index contributed by atoms with van der Waals surface area (Å²) in [6.07, 6.45) is 2.56. The van der Waals surface area contributed by atoms with Crippen LogP contribution >= 0.6 is 0 Å². The van der Waals surface area contributed by atoms with Crippen molar-refractivity contribution in [3.05, 3.63) is 11.6 Å². The third-order valence-corrected chi connectivity index (χ3v) is 1.74. The summed E-state index contributed by atoms with van der Waals surface area (Å²) < 4.78 is 0. The Morgan fingerprint density at radius 1 is 1.31 bits per heavy atom. The van der Waals surface area contributed by atoms with Gasteiger partial charge in [-0.25, -0.2) is 0 Å². The van der Waals surface area contributed by atoms with E-state index in [4.69, 9.17) is 0 Å². The summed E-state index contributed by atoms with van der Waals surface area (Å²) in [5.74, 6) is 0.507. The highest BCUT2D eigenvalue weighted by molar-refractivity contribution is 6.00. The summed E-state index contributed by atoms with van der Waals surface area (Å²) >= 11 is 0. The Kier molecular flexibility index (Phi) is 5.28. The van der Waals surface area contributed by atoms with Crippen molar-refractivity contribution in [3.8, 4) is 0 Å². The highest BCUT2D eigenvalue weighted by Gasteiger charge is 2.11. The van der Waals surface area contributed by atoms with E-state index in [2.05, 4.69) is 0 Å². The minimum atomic E-state index is 0.0465. The highest BCUT2D eigenvalue weighted by Crippen LogP contribution is 2.11. The molecule has 0 saturated carbocycles. The van der Waals surface area contributed by atoms with Crippen LogP contribution in [0.15, 0.2) is 11.6 Å². The first-order chi connectivity index (χ1) is 5.97. The van der Waals surface area contributed by atoms with Gasteiger partial charge in [-0.1, -0.05) is 19.9 Å². The quantitative estimate of drug-likeness (QED) is 0.612. The zero-order valence-corrected chi connectivity index (χ0v) is 8.89. The molecule has 0 amide bonds. The van der Waals surface area contributed by atoms with Crippen LogP contribution in [-0.2, 0) is 9.59 Å². The smallest absolute Gasteiger partial charge is 0.159 e. The molecule has 0 heterocycles. The van der Waals surface area contributed by atoms with E-state index in [1.54, 1.807) is 13.0 Å². The van der Waals surface area contributed by atoms with Crippen molar-refractivity contribution < 1.29 is 9.59 Å². The minimum absolute atomic E-state index is 0.0465. The van der Waals surface area contributed by atoms with Crippen LogP contribution in [0.3, 0.4) is 0 Å². The van der Waals surface area contributed by atoms with Crippen LogP contribution in [0.25, 0.3) is 0 Å². The van der Waals surface area contributed by atoms with Gasteiger partial charge in [-0.15, -0.1) is 0 Å². The van der Waals surface area contributed by atoms with Crippen LogP contribution in [0.1, 0.15) is 40.5 Å². The minimum Gasteiger partial charge on any atom is -0.300 e. The molecule has 0 N–H and O–H groups in total. The normalized spacial score (nSPS) is 11.9. The van der Waals surface area contributed by atoms with E-state index in [0.717, 1.165) is 0 Å². The number of hydrogen-bond acceptors (Lipinski definition) is 2. The van der Waals surface area contributed by atoms with Crippen LogP contribution in [0.2, 0.25) is 0 Å². The SMILES string of the molecule is C/C=C(/CC(C)=O)C(=O)CC(C)C. The number of ketones is 2. The van der Waals surface area contributed by atoms with Crippen molar-refractivity contribution in [1.29, 1.82) is 0 Å². The zero-order chi connectivity index (χ0) is 10.4. The van der Waals surface area contributed by atoms with Crippen LogP contribution in [-0.4, -0.2) is 11.6 Å². The number of carbonyl (C=O) groups is 2. The average molecular weight is 182 g/mol. The van der Waals surface area contributed by atoms with E-state index in [1.165, 1.54) is 6.92 Å². The molecule has 0 aliphatic rings. The predicted molar refractivity (Wildman–Crippen MR) is 53.5 cm³/mol. The fourth-order valence-electron chi connectivity index (χ4n) is 1.13. The van der Waals surface area contributed by atoms with Gasteiger partial charge in [0.05, 0.1) is 0 Å². The van der Waals surface area contributed by atoms with Gasteiger partial charge in [0.25, 0.3) is 0 Å². The van der Waals surface area contributed by atoms with Crippen molar-refractivity contribution in [3.63, 3.8) is 0 Å². The van der Waals surface area contributed by atoms with E-state index < -0.39 is 0 Å². The van der Waals surface area contributed by atoms with Gasteiger partial charge in [0, 0.05) is 12.8 Å². The van der Waals surface area contributed by atoms with E-state index in [9.17, 15) is 9.59 Å². The Morgan fingerprint density at radius 3 is 2.15 bits per heavy atom. The summed E-state index contributed by atoms with van der Waals surface area (Å²) in [5.41, 5.74) is 0.654. The molecule has 0 aromatic rings. The highest BCUT2D eigenvalue weighted by atomic mass is 16.1. The molecule has 74 valence electrons. The Hall–Kier alpha value is -0.920. The first kappa shape index (κ1) is 12.1. The lowest BCUT2D eigenvalue weighted by molar-refractivity contribution is -0.120. The van der Waals surface area contributed by atoms with Gasteiger partial charge in [0.15, 0.2) is 5.78 Å². The van der Waals surface area contributed by atoms with Crippen molar-refractivity contribution in [2.45, 2.75) is 40.5 Å². The molecule has 0 aromatic heterocycles. The molecule has 0 rings (SSSR count). The summed E-state index contributed by atoms with van der Waals surface area (Å²) in [4.78, 5) is 22.3. The molecule has 0 unspecified atom stereocenters. The molecule has 2 heteroatoms. The van der Waals surface area contributed by atoms with Crippen molar-refractivity contribution in [1.82, 2.24) is 0 Å². The fraction of sp³-hybridized carbons (Fsp3) is 0.636. The van der Waals surface area contributed by atoms with E-state index in [0.29, 0.717) is 17.9 Å². The van der Waals surface area contributed by atoms with Gasteiger partial charge in [0.2, 0.25) is 0 Å². The maximum Gasteiger partial charge on any atom is 0.159 e. The second-order valence-corrected chi connectivity index (χ2v) is 3.71. The number of carbonyl (C=O) groups excluding carboxylic acids is 2. The summed E-state index contributed by atoms with van der Waals surface area (Å²) in [5, 5.41) is 0. The Balaban J connectivity index is 4.26. The Labute approximate surface area is 80.0 Å².